The van der Waals surface area contributed by atoms with E-state index >= 15 is 0 Å². The van der Waals surface area contributed by atoms with Gasteiger partial charge in [0.2, 0.25) is 0 Å². The van der Waals surface area contributed by atoms with Crippen molar-refractivity contribution in [2.45, 2.75) is 12.8 Å². The van der Waals surface area contributed by atoms with Crippen LogP contribution in [-0.4, -0.2) is 5.91 Å². The van der Waals surface area contributed by atoms with Gasteiger partial charge in [0.15, 0.2) is 0 Å². The largest absolute Gasteiger partial charge is 0.489 e. The Bertz CT molecular complexity index is 969. The van der Waals surface area contributed by atoms with Crippen LogP contribution in [0, 0.1) is 5.82 Å². The molecule has 0 saturated heterocycles. The van der Waals surface area contributed by atoms with E-state index in [9.17, 15) is 22.4 Å². The number of hydrogen-bond acceptors (Lipinski definition) is 2. The first-order chi connectivity index (χ1) is 13.3. The summed E-state index contributed by atoms with van der Waals surface area (Å²) in [5, 5.41) is 2.45. The summed E-state index contributed by atoms with van der Waals surface area (Å²) in [6.07, 6.45) is -4.63. The number of anilines is 1. The van der Waals surface area contributed by atoms with Gasteiger partial charge in [0.25, 0.3) is 5.91 Å². The smallest absolute Gasteiger partial charge is 0.417 e. The van der Waals surface area contributed by atoms with Gasteiger partial charge in [-0.3, -0.25) is 4.79 Å². The molecule has 0 bridgehead atoms. The van der Waals surface area contributed by atoms with E-state index in [4.69, 9.17) is 4.74 Å². The van der Waals surface area contributed by atoms with Crippen LogP contribution in [0.3, 0.4) is 0 Å². The number of carbonyl (C=O) groups is 1. The lowest BCUT2D eigenvalue weighted by molar-refractivity contribution is -0.137. The Kier molecular flexibility index (Phi) is 5.63. The summed E-state index contributed by atoms with van der Waals surface area (Å²) in [5.74, 6) is -0.817. The average molecular weight is 389 g/mol. The summed E-state index contributed by atoms with van der Waals surface area (Å²) in [6, 6.07) is 16.6. The van der Waals surface area contributed by atoms with Crippen molar-refractivity contribution in [3.05, 3.63) is 95.3 Å². The minimum Gasteiger partial charge on any atom is -0.489 e. The van der Waals surface area contributed by atoms with Gasteiger partial charge >= 0.3 is 6.18 Å². The van der Waals surface area contributed by atoms with Crippen molar-refractivity contribution < 1.29 is 27.1 Å². The molecule has 0 aliphatic rings. The van der Waals surface area contributed by atoms with Crippen LogP contribution in [0.1, 0.15) is 21.5 Å². The van der Waals surface area contributed by atoms with Crippen molar-refractivity contribution >= 4 is 11.6 Å². The standard InChI is InChI=1S/C21H15F4NO2/c22-15-10-8-14(9-11-15)13-28-17-5-3-4-16(12-17)26-20(27)18-6-1-2-7-19(18)21(23,24)25/h1-12H,13H2,(H,26,27). The number of hydrogen-bond donors (Lipinski definition) is 1. The van der Waals surface area contributed by atoms with Gasteiger partial charge in [-0.15, -0.1) is 0 Å². The van der Waals surface area contributed by atoms with Gasteiger partial charge in [-0.25, -0.2) is 4.39 Å². The van der Waals surface area contributed by atoms with Gasteiger partial charge in [0.1, 0.15) is 18.2 Å². The molecule has 0 unspecified atom stereocenters. The van der Waals surface area contributed by atoms with E-state index in [0.717, 1.165) is 17.7 Å². The van der Waals surface area contributed by atoms with Crippen LogP contribution in [0.2, 0.25) is 0 Å². The maximum atomic E-state index is 13.1. The molecule has 1 N–H and O–H groups in total. The number of nitrogens with one attached hydrogen (secondary N) is 1. The number of rotatable bonds is 5. The van der Waals surface area contributed by atoms with Crippen molar-refractivity contribution in [3.8, 4) is 5.75 Å². The molecule has 0 heterocycles. The molecule has 0 aliphatic heterocycles. The highest BCUT2D eigenvalue weighted by Gasteiger charge is 2.34. The van der Waals surface area contributed by atoms with Gasteiger partial charge in [-0.1, -0.05) is 30.3 Å². The number of halogens is 4. The molecule has 144 valence electrons. The molecule has 0 saturated carbocycles. The number of alkyl halides is 3. The Morgan fingerprint density at radius 1 is 0.929 bits per heavy atom. The Hall–Kier alpha value is -3.35. The highest BCUT2D eigenvalue weighted by molar-refractivity contribution is 6.05. The number of amides is 1. The van der Waals surface area contributed by atoms with E-state index in [0.29, 0.717) is 11.4 Å². The summed E-state index contributed by atoms with van der Waals surface area (Å²) in [6.45, 7) is 0.175. The molecule has 0 atom stereocenters. The maximum Gasteiger partial charge on any atom is 0.417 e. The Balaban J connectivity index is 1.71. The Morgan fingerprint density at radius 3 is 2.36 bits per heavy atom. The molecule has 3 nitrogen and oxygen atoms in total. The highest BCUT2D eigenvalue weighted by atomic mass is 19.4. The molecule has 0 aromatic heterocycles. The first kappa shape index (κ1) is 19.4. The van der Waals surface area contributed by atoms with Crippen LogP contribution in [0.5, 0.6) is 5.75 Å². The SMILES string of the molecule is O=C(Nc1cccc(OCc2ccc(F)cc2)c1)c1ccccc1C(F)(F)F. The van der Waals surface area contributed by atoms with Crippen molar-refractivity contribution in [3.63, 3.8) is 0 Å². The molecular weight excluding hydrogens is 374 g/mol. The quantitative estimate of drug-likeness (QED) is 0.571. The first-order valence-corrected chi connectivity index (χ1v) is 8.28. The lowest BCUT2D eigenvalue weighted by Gasteiger charge is -2.13. The Morgan fingerprint density at radius 2 is 1.64 bits per heavy atom. The van der Waals surface area contributed by atoms with Gasteiger partial charge in [-0.05, 0) is 42.0 Å². The van der Waals surface area contributed by atoms with E-state index < -0.39 is 23.2 Å². The van der Waals surface area contributed by atoms with Crippen molar-refractivity contribution in [2.75, 3.05) is 5.32 Å². The molecular formula is C21H15F4NO2. The number of benzene rings is 3. The first-order valence-electron chi connectivity index (χ1n) is 8.28. The van der Waals surface area contributed by atoms with Crippen LogP contribution in [0.15, 0.2) is 72.8 Å². The fourth-order valence-corrected chi connectivity index (χ4v) is 2.54. The van der Waals surface area contributed by atoms with Crippen LogP contribution in [0.4, 0.5) is 23.2 Å². The summed E-state index contributed by atoms with van der Waals surface area (Å²) < 4.78 is 57.7. The maximum absolute atomic E-state index is 13.1. The molecule has 7 heteroatoms. The molecule has 28 heavy (non-hydrogen) atoms. The van der Waals surface area contributed by atoms with Gasteiger partial charge in [-0.2, -0.15) is 13.2 Å². The second-order valence-electron chi connectivity index (χ2n) is 5.94. The Labute approximate surface area is 158 Å². The minimum absolute atomic E-state index is 0.175. The third kappa shape index (κ3) is 4.88. The van der Waals surface area contributed by atoms with E-state index in [1.165, 1.54) is 30.3 Å². The molecule has 0 aliphatic carbocycles. The summed E-state index contributed by atoms with van der Waals surface area (Å²) >= 11 is 0. The minimum atomic E-state index is -4.63. The van der Waals surface area contributed by atoms with Crippen LogP contribution < -0.4 is 10.1 Å². The molecule has 0 spiro atoms. The summed E-state index contributed by atoms with van der Waals surface area (Å²) in [7, 11) is 0. The molecule has 1 amide bonds. The van der Waals surface area contributed by atoms with Crippen LogP contribution >= 0.6 is 0 Å². The van der Waals surface area contributed by atoms with E-state index in [1.54, 1.807) is 30.3 Å². The van der Waals surface area contributed by atoms with Crippen molar-refractivity contribution in [1.82, 2.24) is 0 Å². The summed E-state index contributed by atoms with van der Waals surface area (Å²) in [4.78, 5) is 12.3. The third-order valence-corrected chi connectivity index (χ3v) is 3.89. The van der Waals surface area contributed by atoms with E-state index in [-0.39, 0.29) is 12.4 Å². The summed E-state index contributed by atoms with van der Waals surface area (Å²) in [5.41, 5.74) is -0.433. The zero-order valence-electron chi connectivity index (χ0n) is 14.5. The van der Waals surface area contributed by atoms with Gasteiger partial charge in [0, 0.05) is 11.8 Å². The normalized spacial score (nSPS) is 11.1. The molecule has 3 aromatic rings. The zero-order chi connectivity index (χ0) is 20.1. The second-order valence-corrected chi connectivity index (χ2v) is 5.94. The van der Waals surface area contributed by atoms with Gasteiger partial charge < -0.3 is 10.1 Å². The molecule has 3 aromatic carbocycles. The second kappa shape index (κ2) is 8.12. The average Bonchev–Trinajstić information content (AvgIpc) is 2.67. The predicted octanol–water partition coefficient (Wildman–Crippen LogP) is 5.68. The monoisotopic (exact) mass is 389 g/mol. The molecule has 0 radical (unpaired) electrons. The fraction of sp³-hybridized carbons (Fsp3) is 0.0952. The number of carbonyl (C=O) groups excluding carboxylic acids is 1. The topological polar surface area (TPSA) is 38.3 Å². The van der Waals surface area contributed by atoms with E-state index in [2.05, 4.69) is 5.32 Å². The van der Waals surface area contributed by atoms with Gasteiger partial charge in [0.05, 0.1) is 11.1 Å². The number of ether oxygens (including phenoxy) is 1. The van der Waals surface area contributed by atoms with E-state index in [1.807, 2.05) is 0 Å². The van der Waals surface area contributed by atoms with Crippen molar-refractivity contribution in [1.29, 1.82) is 0 Å². The predicted molar refractivity (Wildman–Crippen MR) is 96.6 cm³/mol. The highest BCUT2D eigenvalue weighted by Crippen LogP contribution is 2.32. The lowest BCUT2D eigenvalue weighted by Crippen LogP contribution is -2.18. The zero-order valence-corrected chi connectivity index (χ0v) is 14.5. The fourth-order valence-electron chi connectivity index (χ4n) is 2.54. The van der Waals surface area contributed by atoms with Crippen molar-refractivity contribution in [2.24, 2.45) is 0 Å². The molecule has 0 fully saturated rings. The third-order valence-electron chi connectivity index (χ3n) is 3.89. The van der Waals surface area contributed by atoms with Crippen LogP contribution in [0.25, 0.3) is 0 Å². The molecule has 3 rings (SSSR count). The lowest BCUT2D eigenvalue weighted by atomic mass is 10.1. The van der Waals surface area contributed by atoms with Crippen LogP contribution in [-0.2, 0) is 12.8 Å².